The molecule has 154 valence electrons. The summed E-state index contributed by atoms with van der Waals surface area (Å²) in [6.07, 6.45) is 3.39. The fourth-order valence-corrected chi connectivity index (χ4v) is 3.03. The summed E-state index contributed by atoms with van der Waals surface area (Å²) in [5.74, 6) is 1.70. The van der Waals surface area contributed by atoms with E-state index in [2.05, 4.69) is 20.6 Å². The van der Waals surface area contributed by atoms with Gasteiger partial charge in [0.25, 0.3) is 5.56 Å². The molecule has 3 aromatic heterocycles. The zero-order chi connectivity index (χ0) is 21.0. The Hall–Kier alpha value is -2.97. The van der Waals surface area contributed by atoms with Crippen LogP contribution in [0.2, 0.25) is 0 Å². The van der Waals surface area contributed by atoms with Crippen LogP contribution in [0.5, 0.6) is 0 Å². The Balaban J connectivity index is 2.08. The first kappa shape index (κ1) is 20.8. The van der Waals surface area contributed by atoms with Gasteiger partial charge in [-0.3, -0.25) is 4.79 Å². The van der Waals surface area contributed by atoms with Crippen LogP contribution in [-0.4, -0.2) is 38.9 Å². The van der Waals surface area contributed by atoms with Gasteiger partial charge < -0.3 is 25.0 Å². The average molecular weight is 397 g/mol. The van der Waals surface area contributed by atoms with Crippen LogP contribution in [0.15, 0.2) is 41.5 Å². The van der Waals surface area contributed by atoms with Crippen molar-refractivity contribution in [2.45, 2.75) is 39.5 Å². The molecule has 0 aliphatic heterocycles. The van der Waals surface area contributed by atoms with Gasteiger partial charge in [0.05, 0.1) is 18.6 Å². The number of methoxy groups -OCH3 is 1. The lowest BCUT2D eigenvalue weighted by molar-refractivity contribution is 0.185. The molecular weight excluding hydrogens is 370 g/mol. The van der Waals surface area contributed by atoms with Gasteiger partial charge in [0.2, 0.25) is 0 Å². The number of pyridine rings is 3. The fraction of sp³-hybridized carbons (Fsp3) is 0.381. The van der Waals surface area contributed by atoms with E-state index in [1.807, 2.05) is 45.0 Å². The molecule has 0 radical (unpaired) electrons. The maximum atomic E-state index is 12.9. The van der Waals surface area contributed by atoms with E-state index in [0.717, 1.165) is 10.9 Å². The molecule has 0 bridgehead atoms. The normalized spacial score (nSPS) is 11.6. The molecule has 3 heterocycles. The lowest BCUT2D eigenvalue weighted by Gasteiger charge is -2.23. The molecule has 3 aromatic rings. The van der Waals surface area contributed by atoms with Crippen LogP contribution in [0, 0.1) is 0 Å². The molecule has 8 heteroatoms. The summed E-state index contributed by atoms with van der Waals surface area (Å²) in [5, 5.41) is 17.0. The molecule has 0 saturated heterocycles. The molecule has 3 N–H and O–H groups in total. The Kier molecular flexibility index (Phi) is 6.14. The molecule has 0 unspecified atom stereocenters. The number of hydrogen-bond donors (Lipinski definition) is 3. The first-order valence-electron chi connectivity index (χ1n) is 9.45. The summed E-state index contributed by atoms with van der Waals surface area (Å²) in [7, 11) is 1.65. The summed E-state index contributed by atoms with van der Waals surface area (Å²) in [4.78, 5) is 21.9. The van der Waals surface area contributed by atoms with Gasteiger partial charge in [0.15, 0.2) is 0 Å². The summed E-state index contributed by atoms with van der Waals surface area (Å²) < 4.78 is 6.66. The van der Waals surface area contributed by atoms with Crippen molar-refractivity contribution in [3.05, 3.63) is 52.6 Å². The minimum atomic E-state index is -0.292. The number of aromatic nitrogens is 3. The van der Waals surface area contributed by atoms with Crippen molar-refractivity contribution in [3.8, 4) is 0 Å². The molecule has 0 aliphatic carbocycles. The molecule has 0 amide bonds. The lowest BCUT2D eigenvalue weighted by atomic mass is 10.1. The van der Waals surface area contributed by atoms with Gasteiger partial charge in [0.1, 0.15) is 17.5 Å². The van der Waals surface area contributed by atoms with E-state index < -0.39 is 0 Å². The maximum absolute atomic E-state index is 12.9. The second kappa shape index (κ2) is 8.59. The van der Waals surface area contributed by atoms with Gasteiger partial charge >= 0.3 is 0 Å². The average Bonchev–Trinajstić information content (AvgIpc) is 2.63. The lowest BCUT2D eigenvalue weighted by Crippen LogP contribution is -2.29. The van der Waals surface area contributed by atoms with Crippen LogP contribution in [0.4, 0.5) is 17.5 Å². The van der Waals surface area contributed by atoms with Gasteiger partial charge in [-0.2, -0.15) is 0 Å². The Bertz CT molecular complexity index is 1060. The quantitative estimate of drug-likeness (QED) is 0.563. The largest absolute Gasteiger partial charge is 0.395 e. The topological polar surface area (TPSA) is 101 Å². The standard InChI is InChI=1S/C21H27N5O3/c1-21(2,3)25-19-18-15(6-8-26(9-10-27)20(18)28)12-17(24-19)23-16-11-14(13-29-4)5-7-22-16/h5-8,11-12,27H,9-10,13H2,1-4H3,(H2,22,23,24,25). The van der Waals surface area contributed by atoms with E-state index in [0.29, 0.717) is 29.4 Å². The second-order valence-corrected chi connectivity index (χ2v) is 7.84. The van der Waals surface area contributed by atoms with Gasteiger partial charge in [-0.25, -0.2) is 9.97 Å². The minimum absolute atomic E-state index is 0.107. The van der Waals surface area contributed by atoms with Crippen molar-refractivity contribution in [1.82, 2.24) is 14.5 Å². The van der Waals surface area contributed by atoms with Crippen molar-refractivity contribution in [3.63, 3.8) is 0 Å². The van der Waals surface area contributed by atoms with E-state index in [-0.39, 0.29) is 24.2 Å². The number of ether oxygens (including phenoxy) is 1. The Morgan fingerprint density at radius 2 is 2.00 bits per heavy atom. The highest BCUT2D eigenvalue weighted by Gasteiger charge is 2.17. The van der Waals surface area contributed by atoms with E-state index in [1.165, 1.54) is 4.57 Å². The van der Waals surface area contributed by atoms with Crippen molar-refractivity contribution in [2.24, 2.45) is 0 Å². The number of fused-ring (bicyclic) bond motifs is 1. The van der Waals surface area contributed by atoms with Crippen molar-refractivity contribution in [2.75, 3.05) is 24.4 Å². The third-order valence-corrected chi connectivity index (χ3v) is 4.18. The second-order valence-electron chi connectivity index (χ2n) is 7.84. The molecule has 0 aliphatic rings. The van der Waals surface area contributed by atoms with E-state index in [1.54, 1.807) is 19.5 Å². The molecule has 0 aromatic carbocycles. The van der Waals surface area contributed by atoms with Crippen LogP contribution in [0.25, 0.3) is 10.8 Å². The number of aliphatic hydroxyl groups is 1. The van der Waals surface area contributed by atoms with Gasteiger partial charge in [0, 0.05) is 31.6 Å². The summed E-state index contributed by atoms with van der Waals surface area (Å²) in [5.41, 5.74) is 0.507. The molecular formula is C21H27N5O3. The summed E-state index contributed by atoms with van der Waals surface area (Å²) >= 11 is 0. The molecule has 0 saturated carbocycles. The van der Waals surface area contributed by atoms with Crippen LogP contribution >= 0.6 is 0 Å². The summed E-state index contributed by atoms with van der Waals surface area (Å²) in [6.45, 7) is 6.64. The number of rotatable bonds is 7. The predicted molar refractivity (Wildman–Crippen MR) is 115 cm³/mol. The molecule has 0 atom stereocenters. The highest BCUT2D eigenvalue weighted by Crippen LogP contribution is 2.26. The Morgan fingerprint density at radius 1 is 1.21 bits per heavy atom. The summed E-state index contributed by atoms with van der Waals surface area (Å²) in [6, 6.07) is 7.45. The monoisotopic (exact) mass is 397 g/mol. The number of aliphatic hydroxyl groups excluding tert-OH is 1. The predicted octanol–water partition coefficient (Wildman–Crippen LogP) is 2.88. The van der Waals surface area contributed by atoms with Gasteiger partial charge in [-0.15, -0.1) is 0 Å². The van der Waals surface area contributed by atoms with E-state index in [4.69, 9.17) is 4.74 Å². The maximum Gasteiger partial charge on any atom is 0.262 e. The van der Waals surface area contributed by atoms with Crippen LogP contribution in [0.1, 0.15) is 26.3 Å². The number of nitrogens with zero attached hydrogens (tertiary/aromatic N) is 3. The van der Waals surface area contributed by atoms with Crippen LogP contribution in [-0.2, 0) is 17.9 Å². The highest BCUT2D eigenvalue weighted by molar-refractivity contribution is 5.93. The number of anilines is 3. The zero-order valence-electron chi connectivity index (χ0n) is 17.2. The zero-order valence-corrected chi connectivity index (χ0v) is 17.2. The van der Waals surface area contributed by atoms with E-state index >= 15 is 0 Å². The Labute approximate surface area is 169 Å². The van der Waals surface area contributed by atoms with Gasteiger partial charge in [-0.1, -0.05) is 0 Å². The molecule has 0 fully saturated rings. The first-order valence-corrected chi connectivity index (χ1v) is 9.45. The van der Waals surface area contributed by atoms with Gasteiger partial charge in [-0.05, 0) is 56.0 Å². The fourth-order valence-electron chi connectivity index (χ4n) is 3.03. The number of nitrogens with one attached hydrogen (secondary N) is 2. The third kappa shape index (κ3) is 5.10. The van der Waals surface area contributed by atoms with Crippen molar-refractivity contribution >= 4 is 28.2 Å². The van der Waals surface area contributed by atoms with Crippen molar-refractivity contribution in [1.29, 1.82) is 0 Å². The molecule has 8 nitrogen and oxygen atoms in total. The van der Waals surface area contributed by atoms with Crippen LogP contribution in [0.3, 0.4) is 0 Å². The first-order chi connectivity index (χ1) is 13.8. The third-order valence-electron chi connectivity index (χ3n) is 4.18. The number of hydrogen-bond acceptors (Lipinski definition) is 7. The minimum Gasteiger partial charge on any atom is -0.395 e. The van der Waals surface area contributed by atoms with Crippen molar-refractivity contribution < 1.29 is 9.84 Å². The SMILES string of the molecule is COCc1ccnc(Nc2cc3ccn(CCO)c(=O)c3c(NC(C)(C)C)n2)c1. The highest BCUT2D eigenvalue weighted by atomic mass is 16.5. The van der Waals surface area contributed by atoms with Crippen LogP contribution < -0.4 is 16.2 Å². The Morgan fingerprint density at radius 3 is 2.69 bits per heavy atom. The molecule has 3 rings (SSSR count). The van der Waals surface area contributed by atoms with E-state index in [9.17, 15) is 9.90 Å². The smallest absolute Gasteiger partial charge is 0.262 e. The molecule has 29 heavy (non-hydrogen) atoms. The molecule has 0 spiro atoms.